The molecule has 4 N–H and O–H groups in total. The first kappa shape index (κ1) is 11.2. The van der Waals surface area contributed by atoms with Crippen molar-refractivity contribution in [2.45, 2.75) is 6.92 Å². The fraction of sp³-hybridized carbons (Fsp3) is 0.0714. The van der Waals surface area contributed by atoms with Crippen LogP contribution in [0.3, 0.4) is 0 Å². The van der Waals surface area contributed by atoms with E-state index in [0.717, 1.165) is 22.4 Å². The molecule has 0 aliphatic rings. The normalized spacial score (nSPS) is 10.2. The molecular weight excluding hydrogens is 212 g/mol. The Morgan fingerprint density at radius 2 is 1.71 bits per heavy atom. The highest BCUT2D eigenvalue weighted by Crippen LogP contribution is 2.25. The number of nitrogen functional groups attached to an aromatic ring is 1. The number of hydrogen-bond donors (Lipinski definition) is 2. The number of nitrogens with two attached hydrogens (primary N) is 2. The Kier molecular flexibility index (Phi) is 2.83. The van der Waals surface area contributed by atoms with Crippen molar-refractivity contribution >= 4 is 11.6 Å². The highest BCUT2D eigenvalue weighted by atomic mass is 16.1. The van der Waals surface area contributed by atoms with Crippen LogP contribution in [0.1, 0.15) is 15.9 Å². The third kappa shape index (κ3) is 2.28. The van der Waals surface area contributed by atoms with Crippen molar-refractivity contribution in [1.82, 2.24) is 0 Å². The molecule has 0 heterocycles. The summed E-state index contributed by atoms with van der Waals surface area (Å²) < 4.78 is 0. The molecule has 0 bridgehead atoms. The zero-order chi connectivity index (χ0) is 12.4. The Balaban J connectivity index is 2.54. The van der Waals surface area contributed by atoms with Crippen molar-refractivity contribution in [3.05, 3.63) is 53.6 Å². The van der Waals surface area contributed by atoms with Crippen LogP contribution in [0.2, 0.25) is 0 Å². The fourth-order valence-electron chi connectivity index (χ4n) is 1.75. The lowest BCUT2D eigenvalue weighted by atomic mass is 9.98. The van der Waals surface area contributed by atoms with E-state index in [1.54, 1.807) is 6.07 Å². The minimum Gasteiger partial charge on any atom is -0.399 e. The largest absolute Gasteiger partial charge is 0.399 e. The van der Waals surface area contributed by atoms with Crippen molar-refractivity contribution in [2.75, 3.05) is 5.73 Å². The molecular formula is C14H14N2O. The first-order chi connectivity index (χ1) is 8.08. The molecule has 1 amide bonds. The Labute approximate surface area is 100 Å². The molecule has 0 aliphatic heterocycles. The number of anilines is 1. The summed E-state index contributed by atoms with van der Waals surface area (Å²) in [7, 11) is 0. The van der Waals surface area contributed by atoms with Gasteiger partial charge in [0, 0.05) is 11.3 Å². The maximum Gasteiger partial charge on any atom is 0.248 e. The van der Waals surface area contributed by atoms with Crippen LogP contribution in [0.25, 0.3) is 11.1 Å². The van der Waals surface area contributed by atoms with Gasteiger partial charge < -0.3 is 11.5 Å². The highest BCUT2D eigenvalue weighted by molar-refractivity contribution is 5.94. The number of carbonyl (C=O) groups is 1. The number of hydrogen-bond acceptors (Lipinski definition) is 2. The molecule has 0 atom stereocenters. The molecule has 0 spiro atoms. The summed E-state index contributed by atoms with van der Waals surface area (Å²) in [4.78, 5) is 11.2. The lowest BCUT2D eigenvalue weighted by Gasteiger charge is -2.08. The average Bonchev–Trinajstić information content (AvgIpc) is 2.31. The molecule has 3 nitrogen and oxygen atoms in total. The van der Waals surface area contributed by atoms with Crippen LogP contribution in [0, 0.1) is 6.92 Å². The number of amides is 1. The van der Waals surface area contributed by atoms with Crippen LogP contribution in [-0.2, 0) is 0 Å². The van der Waals surface area contributed by atoms with Crippen LogP contribution < -0.4 is 11.5 Å². The van der Waals surface area contributed by atoms with Gasteiger partial charge in [-0.3, -0.25) is 4.79 Å². The van der Waals surface area contributed by atoms with Gasteiger partial charge in [-0.1, -0.05) is 18.2 Å². The summed E-state index contributed by atoms with van der Waals surface area (Å²) in [6.07, 6.45) is 0. The van der Waals surface area contributed by atoms with Gasteiger partial charge in [0.15, 0.2) is 0 Å². The molecule has 0 aromatic heterocycles. The molecule has 2 rings (SSSR count). The fourth-order valence-corrected chi connectivity index (χ4v) is 1.75. The van der Waals surface area contributed by atoms with E-state index in [1.807, 2.05) is 43.3 Å². The minimum absolute atomic E-state index is 0.415. The van der Waals surface area contributed by atoms with Gasteiger partial charge in [0.1, 0.15) is 0 Å². The van der Waals surface area contributed by atoms with Gasteiger partial charge in [0.05, 0.1) is 0 Å². The summed E-state index contributed by atoms with van der Waals surface area (Å²) in [5.74, 6) is -0.415. The summed E-state index contributed by atoms with van der Waals surface area (Å²) >= 11 is 0. The van der Waals surface area contributed by atoms with Gasteiger partial charge in [-0.25, -0.2) is 0 Å². The monoisotopic (exact) mass is 226 g/mol. The van der Waals surface area contributed by atoms with Gasteiger partial charge in [-0.2, -0.15) is 0 Å². The molecule has 2 aromatic rings. The maximum atomic E-state index is 11.2. The van der Waals surface area contributed by atoms with E-state index in [-0.39, 0.29) is 0 Å². The molecule has 0 aliphatic carbocycles. The number of carbonyl (C=O) groups excluding carboxylic acids is 1. The molecule has 3 heteroatoms. The lowest BCUT2D eigenvalue weighted by molar-refractivity contribution is 0.100. The summed E-state index contributed by atoms with van der Waals surface area (Å²) in [5.41, 5.74) is 15.3. The number of benzene rings is 2. The average molecular weight is 226 g/mol. The molecule has 0 saturated carbocycles. The lowest BCUT2D eigenvalue weighted by Crippen LogP contribution is -2.10. The van der Waals surface area contributed by atoms with Crippen molar-refractivity contribution in [1.29, 1.82) is 0 Å². The molecule has 2 aromatic carbocycles. The van der Waals surface area contributed by atoms with Crippen LogP contribution >= 0.6 is 0 Å². The van der Waals surface area contributed by atoms with Gasteiger partial charge in [-0.15, -0.1) is 0 Å². The Morgan fingerprint density at radius 1 is 1.06 bits per heavy atom. The summed E-state index contributed by atoms with van der Waals surface area (Å²) in [6.45, 7) is 2.00. The Morgan fingerprint density at radius 3 is 2.29 bits per heavy atom. The second-order valence-electron chi connectivity index (χ2n) is 4.02. The predicted octanol–water partition coefficient (Wildman–Crippen LogP) is 2.34. The maximum absolute atomic E-state index is 11.2. The van der Waals surface area contributed by atoms with Crippen LogP contribution in [0.4, 0.5) is 5.69 Å². The zero-order valence-electron chi connectivity index (χ0n) is 9.60. The molecule has 0 unspecified atom stereocenters. The number of aryl methyl sites for hydroxylation is 1. The number of primary amides is 1. The summed E-state index contributed by atoms with van der Waals surface area (Å²) in [5, 5.41) is 0. The van der Waals surface area contributed by atoms with E-state index >= 15 is 0 Å². The van der Waals surface area contributed by atoms with Crippen molar-refractivity contribution in [2.24, 2.45) is 5.73 Å². The van der Waals surface area contributed by atoms with Gasteiger partial charge in [0.25, 0.3) is 0 Å². The molecule has 0 fully saturated rings. The van der Waals surface area contributed by atoms with E-state index in [1.165, 1.54) is 0 Å². The van der Waals surface area contributed by atoms with Gasteiger partial charge in [0.2, 0.25) is 5.91 Å². The summed E-state index contributed by atoms with van der Waals surface area (Å²) in [6, 6.07) is 13.0. The quantitative estimate of drug-likeness (QED) is 0.772. The number of rotatable bonds is 2. The SMILES string of the molecule is Cc1ccc(C(N)=O)cc1-c1ccc(N)cc1. The van der Waals surface area contributed by atoms with Crippen LogP contribution in [-0.4, -0.2) is 5.91 Å². The van der Waals surface area contributed by atoms with Crippen molar-refractivity contribution < 1.29 is 4.79 Å². The second kappa shape index (κ2) is 4.29. The van der Waals surface area contributed by atoms with Gasteiger partial charge >= 0.3 is 0 Å². The predicted molar refractivity (Wildman–Crippen MR) is 69.5 cm³/mol. The van der Waals surface area contributed by atoms with Gasteiger partial charge in [-0.05, 0) is 47.9 Å². The minimum atomic E-state index is -0.415. The Hall–Kier alpha value is -2.29. The van der Waals surface area contributed by atoms with Crippen LogP contribution in [0.15, 0.2) is 42.5 Å². The molecule has 0 radical (unpaired) electrons. The standard InChI is InChI=1S/C14H14N2O/c1-9-2-3-11(14(16)17)8-13(9)10-4-6-12(15)7-5-10/h2-8H,15H2,1H3,(H2,16,17). The van der Waals surface area contributed by atoms with Crippen molar-refractivity contribution in [3.8, 4) is 11.1 Å². The molecule has 0 saturated heterocycles. The van der Waals surface area contributed by atoms with E-state index in [2.05, 4.69) is 0 Å². The first-order valence-electron chi connectivity index (χ1n) is 5.34. The molecule has 86 valence electrons. The third-order valence-electron chi connectivity index (χ3n) is 2.74. The van der Waals surface area contributed by atoms with Crippen LogP contribution in [0.5, 0.6) is 0 Å². The van der Waals surface area contributed by atoms with Crippen molar-refractivity contribution in [3.63, 3.8) is 0 Å². The second-order valence-corrected chi connectivity index (χ2v) is 4.02. The van der Waals surface area contributed by atoms with E-state index < -0.39 is 5.91 Å². The molecule has 17 heavy (non-hydrogen) atoms. The third-order valence-corrected chi connectivity index (χ3v) is 2.74. The van der Waals surface area contributed by atoms with E-state index in [0.29, 0.717) is 5.56 Å². The zero-order valence-corrected chi connectivity index (χ0v) is 9.60. The smallest absolute Gasteiger partial charge is 0.248 e. The Bertz CT molecular complexity index is 559. The van der Waals surface area contributed by atoms with E-state index in [9.17, 15) is 4.79 Å². The highest BCUT2D eigenvalue weighted by Gasteiger charge is 2.06. The topological polar surface area (TPSA) is 69.1 Å². The first-order valence-corrected chi connectivity index (χ1v) is 5.34. The van der Waals surface area contributed by atoms with E-state index in [4.69, 9.17) is 11.5 Å².